The molecule has 0 amide bonds. The fourth-order valence-corrected chi connectivity index (χ4v) is 3.44. The van der Waals surface area contributed by atoms with Gasteiger partial charge in [0, 0.05) is 10.6 Å². The zero-order valence-electron chi connectivity index (χ0n) is 14.2. The molecular weight excluding hydrogens is 337 g/mol. The second-order valence-corrected chi connectivity index (χ2v) is 7.89. The summed E-state index contributed by atoms with van der Waals surface area (Å²) in [6, 6.07) is 14.8. The fraction of sp³-hybridized carbons (Fsp3) is 0.250. The standard InChI is InChI=1S/C20H22FNS2/c1-15(2)14-24-20(22-18-9-7-16(3)8-10-18)11-12-23-19-6-4-5-17(21)13-19/h4-13,15H,14H2,1-3H3. The molecule has 0 saturated carbocycles. The highest BCUT2D eigenvalue weighted by atomic mass is 32.2. The van der Waals surface area contributed by atoms with Gasteiger partial charge >= 0.3 is 0 Å². The largest absolute Gasteiger partial charge is 0.242 e. The summed E-state index contributed by atoms with van der Waals surface area (Å²) >= 11 is 3.24. The van der Waals surface area contributed by atoms with Crippen LogP contribution in [0.25, 0.3) is 0 Å². The molecule has 4 heteroatoms. The molecule has 126 valence electrons. The third kappa shape index (κ3) is 6.93. The second kappa shape index (κ2) is 9.70. The summed E-state index contributed by atoms with van der Waals surface area (Å²) in [5.41, 5.74) is 2.18. The van der Waals surface area contributed by atoms with Gasteiger partial charge in [0.25, 0.3) is 0 Å². The number of aryl methyl sites for hydroxylation is 1. The zero-order chi connectivity index (χ0) is 17.4. The smallest absolute Gasteiger partial charge is 0.124 e. The molecule has 0 atom stereocenters. The number of halogens is 1. The first-order valence-corrected chi connectivity index (χ1v) is 9.76. The molecule has 0 aliphatic heterocycles. The van der Waals surface area contributed by atoms with Crippen molar-refractivity contribution in [2.45, 2.75) is 25.7 Å². The van der Waals surface area contributed by atoms with E-state index in [4.69, 9.17) is 4.99 Å². The van der Waals surface area contributed by atoms with Crippen LogP contribution in [0, 0.1) is 18.7 Å². The summed E-state index contributed by atoms with van der Waals surface area (Å²) in [7, 11) is 0. The first-order valence-electron chi connectivity index (χ1n) is 7.90. The van der Waals surface area contributed by atoms with Crippen LogP contribution in [0.2, 0.25) is 0 Å². The predicted molar refractivity (Wildman–Crippen MR) is 107 cm³/mol. The number of hydrogen-bond acceptors (Lipinski definition) is 3. The summed E-state index contributed by atoms with van der Waals surface area (Å²) in [6.45, 7) is 6.46. The Kier molecular flexibility index (Phi) is 7.60. The molecule has 0 heterocycles. The minimum absolute atomic E-state index is 0.212. The Morgan fingerprint density at radius 3 is 2.58 bits per heavy atom. The van der Waals surface area contributed by atoms with Gasteiger partial charge in [-0.15, -0.1) is 11.8 Å². The van der Waals surface area contributed by atoms with Crippen LogP contribution in [0.4, 0.5) is 10.1 Å². The molecule has 0 radical (unpaired) electrons. The number of aliphatic imine (C=N–C) groups is 1. The van der Waals surface area contributed by atoms with E-state index in [0.717, 1.165) is 21.4 Å². The van der Waals surface area contributed by atoms with Gasteiger partial charge in [-0.1, -0.05) is 49.4 Å². The van der Waals surface area contributed by atoms with Crippen molar-refractivity contribution in [1.29, 1.82) is 0 Å². The first kappa shape index (κ1) is 18.8. The van der Waals surface area contributed by atoms with Gasteiger partial charge < -0.3 is 0 Å². The van der Waals surface area contributed by atoms with E-state index in [1.807, 2.05) is 29.7 Å². The minimum Gasteiger partial charge on any atom is -0.242 e. The summed E-state index contributed by atoms with van der Waals surface area (Å²) in [4.78, 5) is 5.61. The molecule has 0 aliphatic carbocycles. The fourth-order valence-electron chi connectivity index (χ4n) is 1.83. The number of benzene rings is 2. The molecule has 0 fully saturated rings. The monoisotopic (exact) mass is 359 g/mol. The molecule has 0 bridgehead atoms. The Bertz CT molecular complexity index is 706. The molecule has 2 aromatic rings. The van der Waals surface area contributed by atoms with Crippen molar-refractivity contribution in [3.8, 4) is 0 Å². The average Bonchev–Trinajstić information content (AvgIpc) is 2.54. The van der Waals surface area contributed by atoms with Gasteiger partial charge in [0.05, 0.1) is 10.7 Å². The van der Waals surface area contributed by atoms with E-state index in [2.05, 4.69) is 32.9 Å². The number of nitrogens with zero attached hydrogens (tertiary/aromatic N) is 1. The Balaban J connectivity index is 2.10. The van der Waals surface area contributed by atoms with E-state index in [-0.39, 0.29) is 5.82 Å². The van der Waals surface area contributed by atoms with Crippen LogP contribution in [-0.4, -0.2) is 10.8 Å². The van der Waals surface area contributed by atoms with Crippen LogP contribution >= 0.6 is 23.5 Å². The second-order valence-electron chi connectivity index (χ2n) is 5.87. The highest BCUT2D eigenvalue weighted by Crippen LogP contribution is 2.23. The van der Waals surface area contributed by atoms with Crippen LogP contribution in [0.5, 0.6) is 0 Å². The third-order valence-corrected chi connectivity index (χ3v) is 5.20. The van der Waals surface area contributed by atoms with E-state index in [1.165, 1.54) is 29.5 Å². The highest BCUT2D eigenvalue weighted by molar-refractivity contribution is 8.14. The number of hydrogen-bond donors (Lipinski definition) is 0. The van der Waals surface area contributed by atoms with Crippen molar-refractivity contribution >= 4 is 34.3 Å². The van der Waals surface area contributed by atoms with Crippen LogP contribution in [-0.2, 0) is 0 Å². The molecule has 0 aromatic heterocycles. The molecule has 0 aliphatic rings. The quantitative estimate of drug-likeness (QED) is 0.317. The average molecular weight is 360 g/mol. The molecule has 2 aromatic carbocycles. The van der Waals surface area contributed by atoms with Crippen molar-refractivity contribution in [2.75, 3.05) is 5.75 Å². The van der Waals surface area contributed by atoms with E-state index in [9.17, 15) is 4.39 Å². The number of rotatable bonds is 6. The Hall–Kier alpha value is -1.52. The molecule has 1 nitrogen and oxygen atoms in total. The van der Waals surface area contributed by atoms with Crippen molar-refractivity contribution in [1.82, 2.24) is 0 Å². The lowest BCUT2D eigenvalue weighted by molar-refractivity contribution is 0.624. The molecule has 24 heavy (non-hydrogen) atoms. The summed E-state index contributed by atoms with van der Waals surface area (Å²) in [6.07, 6.45) is 2.00. The minimum atomic E-state index is -0.212. The molecule has 0 saturated heterocycles. The summed E-state index contributed by atoms with van der Waals surface area (Å²) < 4.78 is 13.2. The van der Waals surface area contributed by atoms with Gasteiger partial charge in [0.2, 0.25) is 0 Å². The lowest BCUT2D eigenvalue weighted by Gasteiger charge is -2.05. The highest BCUT2D eigenvalue weighted by Gasteiger charge is 2.01. The SMILES string of the molecule is Cc1ccc(N=C(C=CSc2cccc(F)c2)SCC(C)C)cc1. The van der Waals surface area contributed by atoms with Crippen LogP contribution in [0.15, 0.2) is 69.9 Å². The molecule has 2 rings (SSSR count). The van der Waals surface area contributed by atoms with Crippen molar-refractivity contribution in [3.63, 3.8) is 0 Å². The van der Waals surface area contributed by atoms with E-state index < -0.39 is 0 Å². The number of thioether (sulfide) groups is 2. The van der Waals surface area contributed by atoms with Gasteiger partial charge in [0.15, 0.2) is 0 Å². The maximum Gasteiger partial charge on any atom is 0.124 e. The van der Waals surface area contributed by atoms with Crippen molar-refractivity contribution in [3.05, 3.63) is 71.4 Å². The zero-order valence-corrected chi connectivity index (χ0v) is 15.8. The van der Waals surface area contributed by atoms with Crippen LogP contribution in [0.3, 0.4) is 0 Å². The lowest BCUT2D eigenvalue weighted by atomic mass is 10.2. The maximum absolute atomic E-state index is 13.2. The molecule has 0 spiro atoms. The molecular formula is C20H22FNS2. The van der Waals surface area contributed by atoms with Gasteiger partial charge in [-0.25, -0.2) is 9.38 Å². The topological polar surface area (TPSA) is 12.4 Å². The molecule has 0 unspecified atom stereocenters. The van der Waals surface area contributed by atoms with Gasteiger partial charge in [-0.3, -0.25) is 0 Å². The maximum atomic E-state index is 13.2. The Labute approximate surface area is 152 Å². The van der Waals surface area contributed by atoms with E-state index in [0.29, 0.717) is 5.92 Å². The predicted octanol–water partition coefficient (Wildman–Crippen LogP) is 6.86. The lowest BCUT2D eigenvalue weighted by Crippen LogP contribution is -1.95. The summed E-state index contributed by atoms with van der Waals surface area (Å²) in [5, 5.41) is 2.94. The van der Waals surface area contributed by atoms with Crippen LogP contribution in [0.1, 0.15) is 19.4 Å². The van der Waals surface area contributed by atoms with Crippen molar-refractivity contribution in [2.24, 2.45) is 10.9 Å². The van der Waals surface area contributed by atoms with E-state index >= 15 is 0 Å². The van der Waals surface area contributed by atoms with E-state index in [1.54, 1.807) is 17.8 Å². The van der Waals surface area contributed by atoms with Gasteiger partial charge in [-0.05, 0) is 54.7 Å². The van der Waals surface area contributed by atoms with Crippen LogP contribution < -0.4 is 0 Å². The Morgan fingerprint density at radius 1 is 1.17 bits per heavy atom. The first-order chi connectivity index (χ1) is 11.5. The van der Waals surface area contributed by atoms with Gasteiger partial charge in [-0.2, -0.15) is 0 Å². The van der Waals surface area contributed by atoms with Crippen molar-refractivity contribution < 1.29 is 4.39 Å². The third-order valence-electron chi connectivity index (χ3n) is 3.05. The van der Waals surface area contributed by atoms with Gasteiger partial charge in [0.1, 0.15) is 5.82 Å². The summed E-state index contributed by atoms with van der Waals surface area (Å²) in [5.74, 6) is 1.40. The molecule has 0 N–H and O–H groups in total. The normalized spacial score (nSPS) is 12.3. The Morgan fingerprint density at radius 2 is 1.92 bits per heavy atom.